The van der Waals surface area contributed by atoms with Crippen LogP contribution in [-0.2, 0) is 4.79 Å². The molecule has 94 valence electrons. The minimum atomic E-state index is 0.288. The molecule has 1 heterocycles. The largest absolute Gasteiger partial charge is 0.303 e. The Morgan fingerprint density at radius 2 is 1.69 bits per heavy atom. The fourth-order valence-corrected chi connectivity index (χ4v) is 2.69. The minimum Gasteiger partial charge on any atom is -0.303 e. The van der Waals surface area contributed by atoms with Crippen molar-refractivity contribution >= 4 is 6.29 Å². The second-order valence-electron chi connectivity index (χ2n) is 6.61. The van der Waals surface area contributed by atoms with Crippen molar-refractivity contribution in [1.29, 1.82) is 0 Å². The molecule has 2 nitrogen and oxygen atoms in total. The Morgan fingerprint density at radius 1 is 1.19 bits per heavy atom. The van der Waals surface area contributed by atoms with Crippen molar-refractivity contribution in [3.8, 4) is 0 Å². The van der Waals surface area contributed by atoms with E-state index in [0.717, 1.165) is 25.7 Å². The van der Waals surface area contributed by atoms with Crippen LogP contribution in [0.3, 0.4) is 0 Å². The molecule has 0 spiro atoms. The minimum absolute atomic E-state index is 0.288. The van der Waals surface area contributed by atoms with Gasteiger partial charge in [0.1, 0.15) is 6.29 Å². The number of hydrogen-bond donors (Lipinski definition) is 0. The molecule has 0 bridgehead atoms. The van der Waals surface area contributed by atoms with Crippen molar-refractivity contribution in [2.24, 2.45) is 11.3 Å². The van der Waals surface area contributed by atoms with Crippen molar-refractivity contribution in [2.75, 3.05) is 6.54 Å². The van der Waals surface area contributed by atoms with Gasteiger partial charge in [0.15, 0.2) is 0 Å². The standard InChI is InChI=1S/C14H27NO/c1-11-8-13(10-16)9-12(2)15(11)7-6-14(3,4)5/h10-13H,6-9H2,1-5H3/t11-,12+,13?. The van der Waals surface area contributed by atoms with Crippen LogP contribution < -0.4 is 0 Å². The van der Waals surface area contributed by atoms with Gasteiger partial charge in [0.05, 0.1) is 0 Å². The van der Waals surface area contributed by atoms with Gasteiger partial charge in [0, 0.05) is 18.0 Å². The highest BCUT2D eigenvalue weighted by Crippen LogP contribution is 2.28. The Kier molecular flexibility index (Phi) is 4.54. The predicted octanol–water partition coefficient (Wildman–Crippen LogP) is 3.11. The summed E-state index contributed by atoms with van der Waals surface area (Å²) < 4.78 is 0. The highest BCUT2D eigenvalue weighted by Gasteiger charge is 2.30. The molecule has 0 radical (unpaired) electrons. The molecule has 16 heavy (non-hydrogen) atoms. The van der Waals surface area contributed by atoms with E-state index in [-0.39, 0.29) is 5.92 Å². The van der Waals surface area contributed by atoms with Crippen LogP contribution in [0.2, 0.25) is 0 Å². The van der Waals surface area contributed by atoms with Crippen LogP contribution in [-0.4, -0.2) is 29.8 Å². The summed E-state index contributed by atoms with van der Waals surface area (Å²) in [5.74, 6) is 0.288. The van der Waals surface area contributed by atoms with Crippen LogP contribution in [0.15, 0.2) is 0 Å². The Balaban J connectivity index is 2.50. The number of rotatable bonds is 3. The molecule has 1 aliphatic heterocycles. The van der Waals surface area contributed by atoms with Gasteiger partial charge >= 0.3 is 0 Å². The van der Waals surface area contributed by atoms with Gasteiger partial charge in [-0.15, -0.1) is 0 Å². The topological polar surface area (TPSA) is 20.3 Å². The van der Waals surface area contributed by atoms with Gasteiger partial charge in [-0.2, -0.15) is 0 Å². The number of likely N-dealkylation sites (tertiary alicyclic amines) is 1. The fraction of sp³-hybridized carbons (Fsp3) is 0.929. The third-order valence-corrected chi connectivity index (χ3v) is 3.73. The Morgan fingerprint density at radius 3 is 2.06 bits per heavy atom. The Labute approximate surface area is 100 Å². The number of carbonyl (C=O) groups is 1. The summed E-state index contributed by atoms with van der Waals surface area (Å²) in [5, 5.41) is 0. The van der Waals surface area contributed by atoms with Gasteiger partial charge in [0.25, 0.3) is 0 Å². The van der Waals surface area contributed by atoms with E-state index in [1.807, 2.05) is 0 Å². The molecule has 0 aromatic carbocycles. The lowest BCUT2D eigenvalue weighted by Gasteiger charge is -2.42. The number of nitrogens with zero attached hydrogens (tertiary/aromatic N) is 1. The zero-order valence-corrected chi connectivity index (χ0v) is 11.5. The second-order valence-corrected chi connectivity index (χ2v) is 6.61. The smallest absolute Gasteiger partial charge is 0.123 e. The van der Waals surface area contributed by atoms with Crippen LogP contribution in [0.5, 0.6) is 0 Å². The maximum absolute atomic E-state index is 10.9. The molecule has 0 saturated carbocycles. The SMILES string of the molecule is C[C@@H]1CC(C=O)C[C@H](C)N1CCC(C)(C)C. The average molecular weight is 225 g/mol. The average Bonchev–Trinajstić information content (AvgIpc) is 2.14. The van der Waals surface area contributed by atoms with Crippen molar-refractivity contribution in [1.82, 2.24) is 4.90 Å². The van der Waals surface area contributed by atoms with Crippen LogP contribution >= 0.6 is 0 Å². The van der Waals surface area contributed by atoms with Gasteiger partial charge < -0.3 is 4.79 Å². The maximum Gasteiger partial charge on any atom is 0.123 e. The molecule has 1 unspecified atom stereocenters. The molecule has 1 aliphatic rings. The Bertz CT molecular complexity index is 219. The van der Waals surface area contributed by atoms with Gasteiger partial charge in [-0.25, -0.2) is 0 Å². The first kappa shape index (κ1) is 13.7. The van der Waals surface area contributed by atoms with Crippen LogP contribution in [0, 0.1) is 11.3 Å². The van der Waals surface area contributed by atoms with Crippen molar-refractivity contribution in [3.63, 3.8) is 0 Å². The summed E-state index contributed by atoms with van der Waals surface area (Å²) in [5.41, 5.74) is 0.404. The van der Waals surface area contributed by atoms with Gasteiger partial charge in [-0.1, -0.05) is 20.8 Å². The summed E-state index contributed by atoms with van der Waals surface area (Å²) in [6, 6.07) is 1.11. The molecule has 2 heteroatoms. The summed E-state index contributed by atoms with van der Waals surface area (Å²) in [6.45, 7) is 12.6. The third kappa shape index (κ3) is 3.89. The van der Waals surface area contributed by atoms with Gasteiger partial charge in [-0.05, 0) is 45.1 Å². The highest BCUT2D eigenvalue weighted by molar-refractivity contribution is 5.53. The lowest BCUT2D eigenvalue weighted by Crippen LogP contribution is -2.47. The van der Waals surface area contributed by atoms with Crippen LogP contribution in [0.25, 0.3) is 0 Å². The molecule has 0 amide bonds. The fourth-order valence-electron chi connectivity index (χ4n) is 2.69. The van der Waals surface area contributed by atoms with E-state index in [2.05, 4.69) is 39.5 Å². The summed E-state index contributed by atoms with van der Waals surface area (Å²) in [6.07, 6.45) is 4.46. The molecular formula is C14H27NO. The van der Waals surface area contributed by atoms with Crippen molar-refractivity contribution < 1.29 is 4.79 Å². The third-order valence-electron chi connectivity index (χ3n) is 3.73. The van der Waals surface area contributed by atoms with E-state index in [9.17, 15) is 4.79 Å². The van der Waals surface area contributed by atoms with E-state index in [1.165, 1.54) is 6.42 Å². The molecule has 3 atom stereocenters. The monoisotopic (exact) mass is 225 g/mol. The summed E-state index contributed by atoms with van der Waals surface area (Å²) in [7, 11) is 0. The van der Waals surface area contributed by atoms with E-state index >= 15 is 0 Å². The number of piperidine rings is 1. The molecule has 0 aromatic rings. The van der Waals surface area contributed by atoms with Crippen LogP contribution in [0.4, 0.5) is 0 Å². The van der Waals surface area contributed by atoms with Crippen LogP contribution in [0.1, 0.15) is 53.9 Å². The molecule has 0 N–H and O–H groups in total. The molecule has 0 aliphatic carbocycles. The lowest BCUT2D eigenvalue weighted by atomic mass is 9.86. The number of hydrogen-bond acceptors (Lipinski definition) is 2. The first-order valence-corrected chi connectivity index (χ1v) is 6.54. The maximum atomic E-state index is 10.9. The van der Waals surface area contributed by atoms with Gasteiger partial charge in [0.2, 0.25) is 0 Å². The first-order valence-electron chi connectivity index (χ1n) is 6.54. The predicted molar refractivity (Wildman–Crippen MR) is 68.5 cm³/mol. The molecule has 1 saturated heterocycles. The van der Waals surface area contributed by atoms with Gasteiger partial charge in [-0.3, -0.25) is 4.90 Å². The molecule has 0 aromatic heterocycles. The molecule has 1 rings (SSSR count). The van der Waals surface area contributed by atoms with E-state index < -0.39 is 0 Å². The van der Waals surface area contributed by atoms with Crippen molar-refractivity contribution in [2.45, 2.75) is 66.0 Å². The Hall–Kier alpha value is -0.370. The zero-order valence-electron chi connectivity index (χ0n) is 11.5. The van der Waals surface area contributed by atoms with E-state index in [0.29, 0.717) is 17.5 Å². The number of aldehydes is 1. The first-order chi connectivity index (χ1) is 7.33. The zero-order chi connectivity index (χ0) is 12.3. The normalized spacial score (nSPS) is 32.7. The molecule has 1 fully saturated rings. The van der Waals surface area contributed by atoms with Crippen molar-refractivity contribution in [3.05, 3.63) is 0 Å². The van der Waals surface area contributed by atoms with E-state index in [1.54, 1.807) is 0 Å². The summed E-state index contributed by atoms with van der Waals surface area (Å²) in [4.78, 5) is 13.4. The highest BCUT2D eigenvalue weighted by atomic mass is 16.1. The lowest BCUT2D eigenvalue weighted by molar-refractivity contribution is -0.113. The van der Waals surface area contributed by atoms with E-state index in [4.69, 9.17) is 0 Å². The summed E-state index contributed by atoms with van der Waals surface area (Å²) >= 11 is 0. The second kappa shape index (κ2) is 5.31. The number of carbonyl (C=O) groups excluding carboxylic acids is 1. The quantitative estimate of drug-likeness (QED) is 0.688. The molecular weight excluding hydrogens is 198 g/mol.